The maximum Gasteiger partial charge on any atom is 0.122 e. The van der Waals surface area contributed by atoms with Gasteiger partial charge in [0, 0.05) is 12.1 Å². The molecule has 0 saturated carbocycles. The molecule has 0 amide bonds. The van der Waals surface area contributed by atoms with Crippen molar-refractivity contribution < 1.29 is 4.74 Å². The van der Waals surface area contributed by atoms with Gasteiger partial charge < -0.3 is 16.2 Å². The van der Waals surface area contributed by atoms with Gasteiger partial charge in [0.05, 0.1) is 0 Å². The Morgan fingerprint density at radius 1 is 1.05 bits per heavy atom. The zero-order valence-electron chi connectivity index (χ0n) is 10.6. The summed E-state index contributed by atoms with van der Waals surface area (Å²) in [7, 11) is 0. The van der Waals surface area contributed by atoms with E-state index in [1.54, 1.807) is 12.1 Å². The molecule has 2 rings (SSSR count). The first kappa shape index (κ1) is 13.1. The summed E-state index contributed by atoms with van der Waals surface area (Å²) in [5.74, 6) is 0.811. The molecule has 0 aliphatic heterocycles. The Bertz CT molecular complexity index is 564. The Hall–Kier alpha value is -2.33. The van der Waals surface area contributed by atoms with Gasteiger partial charge in [-0.25, -0.2) is 0 Å². The van der Waals surface area contributed by atoms with Crippen molar-refractivity contribution in [1.29, 1.82) is 5.41 Å². The molecule has 4 nitrogen and oxygen atoms in total. The van der Waals surface area contributed by atoms with Crippen molar-refractivity contribution in [3.63, 3.8) is 0 Å². The number of benzene rings is 2. The number of hydrogen-bond donors (Lipinski definition) is 3. The highest BCUT2D eigenvalue weighted by atomic mass is 16.5. The molecule has 0 heterocycles. The standard InChI is InChI=1S/C15H17N3O/c16-9-11-2-1-3-12(8-11)10-19-14-6-4-13(5-7-14)15(17)18/h1-8H,9-10,16H2,(H3,17,18). The molecule has 0 unspecified atom stereocenters. The molecule has 0 fully saturated rings. The van der Waals surface area contributed by atoms with E-state index in [9.17, 15) is 0 Å². The summed E-state index contributed by atoms with van der Waals surface area (Å²) in [6, 6.07) is 15.2. The molecule has 19 heavy (non-hydrogen) atoms. The van der Waals surface area contributed by atoms with Gasteiger partial charge in [0.2, 0.25) is 0 Å². The number of ether oxygens (including phenoxy) is 1. The molecule has 2 aromatic carbocycles. The van der Waals surface area contributed by atoms with Crippen LogP contribution < -0.4 is 16.2 Å². The summed E-state index contributed by atoms with van der Waals surface area (Å²) >= 11 is 0. The highest BCUT2D eigenvalue weighted by Crippen LogP contribution is 2.14. The first-order valence-electron chi connectivity index (χ1n) is 6.04. The number of rotatable bonds is 5. The van der Waals surface area contributed by atoms with Gasteiger partial charge in [0.25, 0.3) is 0 Å². The Balaban J connectivity index is 1.99. The second-order valence-corrected chi connectivity index (χ2v) is 4.25. The minimum absolute atomic E-state index is 0.0576. The Morgan fingerprint density at radius 2 is 1.74 bits per heavy atom. The minimum atomic E-state index is 0.0576. The average molecular weight is 255 g/mol. The van der Waals surface area contributed by atoms with Gasteiger partial charge in [-0.1, -0.05) is 24.3 Å². The number of hydrogen-bond acceptors (Lipinski definition) is 3. The predicted octanol–water partition coefficient (Wildman–Crippen LogP) is 2.01. The van der Waals surface area contributed by atoms with Crippen LogP contribution in [0.4, 0.5) is 0 Å². The van der Waals surface area contributed by atoms with Crippen molar-refractivity contribution in [2.75, 3.05) is 0 Å². The fraction of sp³-hybridized carbons (Fsp3) is 0.133. The largest absolute Gasteiger partial charge is 0.489 e. The van der Waals surface area contributed by atoms with E-state index >= 15 is 0 Å². The van der Waals surface area contributed by atoms with Crippen LogP contribution in [0.15, 0.2) is 48.5 Å². The van der Waals surface area contributed by atoms with Gasteiger partial charge in [0.15, 0.2) is 0 Å². The lowest BCUT2D eigenvalue weighted by Gasteiger charge is -2.08. The molecular formula is C15H17N3O. The summed E-state index contributed by atoms with van der Waals surface area (Å²) in [4.78, 5) is 0. The lowest BCUT2D eigenvalue weighted by atomic mass is 10.1. The van der Waals surface area contributed by atoms with Gasteiger partial charge in [-0.2, -0.15) is 0 Å². The number of nitrogens with one attached hydrogen (secondary N) is 1. The van der Waals surface area contributed by atoms with Crippen LogP contribution >= 0.6 is 0 Å². The van der Waals surface area contributed by atoms with Crippen LogP contribution in [0, 0.1) is 5.41 Å². The SMILES string of the molecule is N=C(N)c1ccc(OCc2cccc(CN)c2)cc1. The van der Waals surface area contributed by atoms with Crippen molar-refractivity contribution in [3.8, 4) is 5.75 Å². The molecule has 5 N–H and O–H groups in total. The van der Waals surface area contributed by atoms with Crippen LogP contribution in [0.2, 0.25) is 0 Å². The smallest absolute Gasteiger partial charge is 0.122 e. The zero-order chi connectivity index (χ0) is 13.7. The fourth-order valence-electron chi connectivity index (χ4n) is 1.74. The third kappa shape index (κ3) is 3.56. The van der Waals surface area contributed by atoms with Gasteiger partial charge in [-0.3, -0.25) is 5.41 Å². The van der Waals surface area contributed by atoms with Gasteiger partial charge in [-0.05, 0) is 35.4 Å². The molecule has 2 aromatic rings. The second-order valence-electron chi connectivity index (χ2n) is 4.25. The van der Waals surface area contributed by atoms with E-state index in [0.717, 1.165) is 16.9 Å². The molecule has 0 aliphatic rings. The molecule has 0 spiro atoms. The lowest BCUT2D eigenvalue weighted by molar-refractivity contribution is 0.306. The highest BCUT2D eigenvalue weighted by Gasteiger charge is 1.99. The van der Waals surface area contributed by atoms with Crippen LogP contribution in [0.5, 0.6) is 5.75 Å². The van der Waals surface area contributed by atoms with Gasteiger partial charge in [-0.15, -0.1) is 0 Å². The molecular weight excluding hydrogens is 238 g/mol. The van der Waals surface area contributed by atoms with Crippen LogP contribution in [0.3, 0.4) is 0 Å². The summed E-state index contributed by atoms with van der Waals surface area (Å²) in [6.45, 7) is 1.02. The van der Waals surface area contributed by atoms with E-state index in [2.05, 4.69) is 0 Å². The van der Waals surface area contributed by atoms with Crippen molar-refractivity contribution in [1.82, 2.24) is 0 Å². The van der Waals surface area contributed by atoms with Crippen molar-refractivity contribution in [2.24, 2.45) is 11.5 Å². The third-order valence-electron chi connectivity index (χ3n) is 2.80. The zero-order valence-corrected chi connectivity index (χ0v) is 10.6. The monoisotopic (exact) mass is 255 g/mol. The van der Waals surface area contributed by atoms with Crippen LogP contribution in [-0.2, 0) is 13.2 Å². The molecule has 0 aromatic heterocycles. The molecule has 4 heteroatoms. The first-order chi connectivity index (χ1) is 9.19. The van der Waals surface area contributed by atoms with E-state index in [1.165, 1.54) is 0 Å². The van der Waals surface area contributed by atoms with E-state index in [1.807, 2.05) is 36.4 Å². The minimum Gasteiger partial charge on any atom is -0.489 e. The second kappa shape index (κ2) is 6.02. The quantitative estimate of drug-likeness (QED) is 0.564. The lowest BCUT2D eigenvalue weighted by Crippen LogP contribution is -2.10. The summed E-state index contributed by atoms with van der Waals surface area (Å²) < 4.78 is 5.67. The van der Waals surface area contributed by atoms with Crippen LogP contribution in [0.25, 0.3) is 0 Å². The predicted molar refractivity (Wildman–Crippen MR) is 76.1 cm³/mol. The van der Waals surface area contributed by atoms with E-state index in [4.69, 9.17) is 21.6 Å². The summed E-state index contributed by atoms with van der Waals surface area (Å²) in [6.07, 6.45) is 0. The van der Waals surface area contributed by atoms with Crippen LogP contribution in [-0.4, -0.2) is 5.84 Å². The number of nitrogens with two attached hydrogens (primary N) is 2. The molecule has 0 saturated heterocycles. The van der Waals surface area contributed by atoms with E-state index < -0.39 is 0 Å². The summed E-state index contributed by atoms with van der Waals surface area (Å²) in [5, 5.41) is 7.31. The van der Waals surface area contributed by atoms with Crippen molar-refractivity contribution in [3.05, 3.63) is 65.2 Å². The van der Waals surface area contributed by atoms with E-state index in [-0.39, 0.29) is 5.84 Å². The third-order valence-corrected chi connectivity index (χ3v) is 2.80. The van der Waals surface area contributed by atoms with Crippen LogP contribution in [0.1, 0.15) is 16.7 Å². The molecule has 0 bridgehead atoms. The van der Waals surface area contributed by atoms with Crippen molar-refractivity contribution in [2.45, 2.75) is 13.2 Å². The molecule has 0 atom stereocenters. The molecule has 0 radical (unpaired) electrons. The molecule has 98 valence electrons. The van der Waals surface area contributed by atoms with Crippen molar-refractivity contribution >= 4 is 5.84 Å². The normalized spacial score (nSPS) is 10.2. The number of amidine groups is 1. The first-order valence-corrected chi connectivity index (χ1v) is 6.04. The highest BCUT2D eigenvalue weighted by molar-refractivity contribution is 5.94. The maximum atomic E-state index is 7.31. The fourth-order valence-corrected chi connectivity index (χ4v) is 1.74. The Kier molecular flexibility index (Phi) is 4.15. The molecule has 0 aliphatic carbocycles. The average Bonchev–Trinajstić information content (AvgIpc) is 2.46. The number of nitrogen functional groups attached to an aromatic ring is 1. The topological polar surface area (TPSA) is 85.1 Å². The van der Waals surface area contributed by atoms with E-state index in [0.29, 0.717) is 18.7 Å². The maximum absolute atomic E-state index is 7.31. The Morgan fingerprint density at radius 3 is 2.37 bits per heavy atom. The Labute approximate surface area is 112 Å². The van der Waals surface area contributed by atoms with Gasteiger partial charge in [0.1, 0.15) is 18.2 Å². The summed E-state index contributed by atoms with van der Waals surface area (Å²) in [5.41, 5.74) is 13.9. The van der Waals surface area contributed by atoms with Gasteiger partial charge >= 0.3 is 0 Å².